The molecule has 6 fully saturated rings. The number of hydrogen-bond donors (Lipinski definition) is 2. The molecule has 2 N–H and O–H groups in total. The summed E-state index contributed by atoms with van der Waals surface area (Å²) in [5.41, 5.74) is -0.0906. The van der Waals surface area contributed by atoms with Gasteiger partial charge in [-0.05, 0) is 82.0 Å². The van der Waals surface area contributed by atoms with E-state index in [0.717, 1.165) is 37.0 Å². The van der Waals surface area contributed by atoms with Crippen LogP contribution in [0.15, 0.2) is 0 Å². The van der Waals surface area contributed by atoms with Crippen molar-refractivity contribution in [2.45, 2.75) is 95.6 Å². The van der Waals surface area contributed by atoms with Crippen LogP contribution in [0.5, 0.6) is 0 Å². The number of rotatable bonds is 5. The Morgan fingerprint density at radius 3 is 2.03 bits per heavy atom. The van der Waals surface area contributed by atoms with Crippen LogP contribution in [0.1, 0.15) is 84.0 Å². The van der Waals surface area contributed by atoms with Crippen LogP contribution in [-0.4, -0.2) is 65.4 Å². The molecule has 7 heteroatoms. The number of amides is 4. The molecular weight excluding hydrogens is 416 g/mol. The molecule has 7 nitrogen and oxygen atoms in total. The average Bonchev–Trinajstić information content (AvgIpc) is 2.78. The number of carbonyl (C=O) groups excluding carboxylic acids is 3. The van der Waals surface area contributed by atoms with Crippen molar-refractivity contribution in [3.63, 3.8) is 0 Å². The maximum Gasteiger partial charge on any atom is 0.321 e. The average molecular weight is 459 g/mol. The number of nitrogens with one attached hydrogen (secondary N) is 2. The second kappa shape index (κ2) is 9.55. The van der Waals surface area contributed by atoms with Crippen LogP contribution in [0.2, 0.25) is 0 Å². The largest absolute Gasteiger partial charge is 0.340 e. The summed E-state index contributed by atoms with van der Waals surface area (Å²) < 4.78 is 0. The smallest absolute Gasteiger partial charge is 0.321 e. The summed E-state index contributed by atoms with van der Waals surface area (Å²) in [5.74, 6) is 2.85. The Kier molecular flexibility index (Phi) is 6.69. The molecule has 1 atom stereocenters. The fraction of sp³-hybridized carbons (Fsp3) is 0.885. The van der Waals surface area contributed by atoms with E-state index in [9.17, 15) is 14.4 Å². The zero-order chi connectivity index (χ0) is 23.0. The highest BCUT2D eigenvalue weighted by Gasteiger charge is 2.51. The van der Waals surface area contributed by atoms with Gasteiger partial charge in [0.05, 0.1) is 6.04 Å². The Labute approximate surface area is 198 Å². The predicted molar refractivity (Wildman–Crippen MR) is 126 cm³/mol. The van der Waals surface area contributed by atoms with Crippen molar-refractivity contribution in [3.05, 3.63) is 0 Å². The van der Waals surface area contributed by atoms with E-state index in [1.165, 1.54) is 51.4 Å². The first-order valence-corrected chi connectivity index (χ1v) is 13.5. The number of imide groups is 1. The zero-order valence-electron chi connectivity index (χ0n) is 20.3. The molecule has 5 aliphatic carbocycles. The third-order valence-electron chi connectivity index (χ3n) is 9.44. The normalized spacial score (nSPS) is 35.3. The first-order valence-electron chi connectivity index (χ1n) is 13.5. The van der Waals surface area contributed by atoms with Crippen molar-refractivity contribution in [3.8, 4) is 0 Å². The summed E-state index contributed by atoms with van der Waals surface area (Å²) in [5, 5.41) is 5.86. The maximum absolute atomic E-state index is 12.8. The van der Waals surface area contributed by atoms with Gasteiger partial charge in [0.15, 0.2) is 0 Å². The summed E-state index contributed by atoms with van der Waals surface area (Å²) in [4.78, 5) is 42.3. The fourth-order valence-electron chi connectivity index (χ4n) is 8.04. The topological polar surface area (TPSA) is 81.8 Å². The van der Waals surface area contributed by atoms with Gasteiger partial charge in [0.25, 0.3) is 0 Å². The molecule has 4 amide bonds. The van der Waals surface area contributed by atoms with E-state index in [-0.39, 0.29) is 29.4 Å². The van der Waals surface area contributed by atoms with Crippen LogP contribution in [0, 0.1) is 23.7 Å². The van der Waals surface area contributed by atoms with Gasteiger partial charge in [-0.1, -0.05) is 19.3 Å². The van der Waals surface area contributed by atoms with E-state index in [2.05, 4.69) is 15.5 Å². The molecule has 0 aromatic rings. The lowest BCUT2D eigenvalue weighted by molar-refractivity contribution is -0.135. The zero-order valence-corrected chi connectivity index (χ0v) is 20.3. The van der Waals surface area contributed by atoms with E-state index in [1.54, 1.807) is 0 Å². The third-order valence-corrected chi connectivity index (χ3v) is 9.44. The molecule has 0 radical (unpaired) electrons. The minimum Gasteiger partial charge on any atom is -0.340 e. The number of urea groups is 1. The minimum absolute atomic E-state index is 0.0906. The van der Waals surface area contributed by atoms with Crippen molar-refractivity contribution < 1.29 is 14.4 Å². The Morgan fingerprint density at radius 1 is 0.879 bits per heavy atom. The summed E-state index contributed by atoms with van der Waals surface area (Å²) in [6, 6.07) is -0.696. The summed E-state index contributed by atoms with van der Waals surface area (Å²) in [6.07, 6.45) is 14.1. The van der Waals surface area contributed by atoms with Gasteiger partial charge in [-0.3, -0.25) is 19.8 Å². The van der Waals surface area contributed by atoms with Crippen LogP contribution in [0.25, 0.3) is 0 Å². The van der Waals surface area contributed by atoms with Gasteiger partial charge in [-0.25, -0.2) is 4.79 Å². The van der Waals surface area contributed by atoms with Crippen LogP contribution in [-0.2, 0) is 9.59 Å². The lowest BCUT2D eigenvalue weighted by Gasteiger charge is -2.56. The second-order valence-electron chi connectivity index (χ2n) is 11.9. The molecule has 5 saturated carbocycles. The molecule has 4 bridgehead atoms. The molecule has 1 heterocycles. The Morgan fingerprint density at radius 2 is 1.45 bits per heavy atom. The molecule has 6 aliphatic rings. The molecular formula is C26H42N4O3. The standard InChI is InChI=1S/C26H42N4O3/c1-18(29-7-9-30(10-8-29)23(31)14-19-5-3-2-4-6-19)24(32)27-25(33)28-26-15-20-11-21(16-26)13-22(12-20)17-26/h18-22H,2-17H2,1H3,(H2,27,28,32,33). The number of carbonyl (C=O) groups is 3. The highest BCUT2D eigenvalue weighted by Crippen LogP contribution is 2.55. The number of nitrogens with zero attached hydrogens (tertiary/aromatic N) is 2. The van der Waals surface area contributed by atoms with E-state index >= 15 is 0 Å². The van der Waals surface area contributed by atoms with Crippen LogP contribution < -0.4 is 10.6 Å². The predicted octanol–water partition coefficient (Wildman–Crippen LogP) is 3.28. The van der Waals surface area contributed by atoms with Gasteiger partial charge in [0.1, 0.15) is 0 Å². The van der Waals surface area contributed by atoms with Gasteiger partial charge in [0, 0.05) is 38.1 Å². The Balaban J connectivity index is 1.06. The van der Waals surface area contributed by atoms with Crippen molar-refractivity contribution >= 4 is 17.8 Å². The summed E-state index contributed by atoms with van der Waals surface area (Å²) in [7, 11) is 0. The van der Waals surface area contributed by atoms with Crippen molar-refractivity contribution in [2.75, 3.05) is 26.2 Å². The molecule has 33 heavy (non-hydrogen) atoms. The van der Waals surface area contributed by atoms with Gasteiger partial charge in [-0.15, -0.1) is 0 Å². The lowest BCUT2D eigenvalue weighted by atomic mass is 9.53. The van der Waals surface area contributed by atoms with Crippen LogP contribution >= 0.6 is 0 Å². The summed E-state index contributed by atoms with van der Waals surface area (Å²) >= 11 is 0. The number of hydrogen-bond acceptors (Lipinski definition) is 4. The van der Waals surface area contributed by atoms with Gasteiger partial charge >= 0.3 is 6.03 Å². The van der Waals surface area contributed by atoms with Crippen LogP contribution in [0.4, 0.5) is 4.79 Å². The molecule has 1 unspecified atom stereocenters. The lowest BCUT2D eigenvalue weighted by Crippen LogP contribution is -2.63. The van der Waals surface area contributed by atoms with E-state index in [1.807, 2.05) is 11.8 Å². The van der Waals surface area contributed by atoms with Crippen molar-refractivity contribution in [1.82, 2.24) is 20.4 Å². The number of piperazine rings is 1. The Hall–Kier alpha value is -1.63. The molecule has 1 saturated heterocycles. The van der Waals surface area contributed by atoms with Gasteiger partial charge < -0.3 is 10.2 Å². The SMILES string of the molecule is CC(C(=O)NC(=O)NC12CC3CC(CC(C3)C1)C2)N1CCN(C(=O)CC2CCCCC2)CC1. The van der Waals surface area contributed by atoms with Crippen LogP contribution in [0.3, 0.4) is 0 Å². The maximum atomic E-state index is 12.8. The minimum atomic E-state index is -0.372. The van der Waals surface area contributed by atoms with Gasteiger partial charge in [-0.2, -0.15) is 0 Å². The van der Waals surface area contributed by atoms with E-state index < -0.39 is 0 Å². The first-order chi connectivity index (χ1) is 15.9. The fourth-order valence-corrected chi connectivity index (χ4v) is 8.04. The van der Waals surface area contributed by atoms with Crippen molar-refractivity contribution in [1.29, 1.82) is 0 Å². The molecule has 1 aliphatic heterocycles. The summed E-state index contributed by atoms with van der Waals surface area (Å²) in [6.45, 7) is 4.57. The monoisotopic (exact) mass is 458 g/mol. The quantitative estimate of drug-likeness (QED) is 0.662. The van der Waals surface area contributed by atoms with Crippen molar-refractivity contribution in [2.24, 2.45) is 23.7 Å². The van der Waals surface area contributed by atoms with E-state index in [4.69, 9.17) is 0 Å². The van der Waals surface area contributed by atoms with Gasteiger partial charge in [0.2, 0.25) is 11.8 Å². The molecule has 6 rings (SSSR count). The molecule has 0 aromatic heterocycles. The molecule has 184 valence electrons. The first kappa shape index (κ1) is 23.1. The third kappa shape index (κ3) is 5.23. The highest BCUT2D eigenvalue weighted by molar-refractivity contribution is 5.97. The van der Waals surface area contributed by atoms with E-state index in [0.29, 0.717) is 38.5 Å². The second-order valence-corrected chi connectivity index (χ2v) is 11.9. The highest BCUT2D eigenvalue weighted by atomic mass is 16.2. The molecule has 0 aromatic carbocycles. The Bertz CT molecular complexity index is 719. The molecule has 0 spiro atoms.